The fraction of sp³-hybridized carbons (Fsp3) is 0.429. The number of hydrogen-bond acceptors (Lipinski definition) is 2. The third-order valence-electron chi connectivity index (χ3n) is 3.18. The maximum Gasteiger partial charge on any atom is 0.449 e. The van der Waals surface area contributed by atoms with Gasteiger partial charge in [-0.25, -0.2) is 9.78 Å². The Morgan fingerprint density at radius 3 is 2.57 bits per heavy atom. The number of carboxylic acid groups (broad SMARTS) is 1. The SMILES string of the molecule is CC(C)CCn1c(C(F)(F)F)nc2cccc(C(=O)O)c21. The smallest absolute Gasteiger partial charge is 0.449 e. The van der Waals surface area contributed by atoms with Crippen LogP contribution < -0.4 is 0 Å². The Labute approximate surface area is 119 Å². The highest BCUT2D eigenvalue weighted by molar-refractivity contribution is 6.01. The van der Waals surface area contributed by atoms with Gasteiger partial charge in [0.05, 0.1) is 16.6 Å². The van der Waals surface area contributed by atoms with Crippen molar-refractivity contribution in [2.75, 3.05) is 0 Å². The number of carboxylic acids is 1. The molecule has 0 atom stereocenters. The van der Waals surface area contributed by atoms with E-state index in [-0.39, 0.29) is 29.1 Å². The van der Waals surface area contributed by atoms with Crippen molar-refractivity contribution >= 4 is 17.0 Å². The first-order valence-corrected chi connectivity index (χ1v) is 6.51. The van der Waals surface area contributed by atoms with Gasteiger partial charge in [-0.15, -0.1) is 0 Å². The van der Waals surface area contributed by atoms with Crippen molar-refractivity contribution in [3.8, 4) is 0 Å². The van der Waals surface area contributed by atoms with Crippen molar-refractivity contribution in [1.82, 2.24) is 9.55 Å². The van der Waals surface area contributed by atoms with Crippen molar-refractivity contribution in [2.45, 2.75) is 33.0 Å². The van der Waals surface area contributed by atoms with Gasteiger partial charge in [-0.05, 0) is 24.5 Å². The molecule has 1 N–H and O–H groups in total. The first kappa shape index (κ1) is 15.3. The number of halogens is 3. The molecule has 0 radical (unpaired) electrons. The molecule has 1 aromatic carbocycles. The van der Waals surface area contributed by atoms with Crippen LogP contribution in [-0.2, 0) is 12.7 Å². The van der Waals surface area contributed by atoms with E-state index >= 15 is 0 Å². The van der Waals surface area contributed by atoms with Gasteiger partial charge in [0.15, 0.2) is 0 Å². The zero-order chi connectivity index (χ0) is 15.8. The minimum atomic E-state index is -4.62. The molecule has 2 rings (SSSR count). The summed E-state index contributed by atoms with van der Waals surface area (Å²) in [6.07, 6.45) is -4.12. The number of rotatable bonds is 4. The molecule has 4 nitrogen and oxygen atoms in total. The summed E-state index contributed by atoms with van der Waals surface area (Å²) in [4.78, 5) is 14.8. The maximum absolute atomic E-state index is 13.1. The fourth-order valence-corrected chi connectivity index (χ4v) is 2.18. The Balaban J connectivity index is 2.70. The van der Waals surface area contributed by atoms with E-state index in [1.54, 1.807) is 0 Å². The molecule has 1 heterocycles. The lowest BCUT2D eigenvalue weighted by Gasteiger charge is -2.13. The van der Waals surface area contributed by atoms with Gasteiger partial charge in [-0.3, -0.25) is 0 Å². The first-order valence-electron chi connectivity index (χ1n) is 6.51. The van der Waals surface area contributed by atoms with E-state index in [1.165, 1.54) is 18.2 Å². The van der Waals surface area contributed by atoms with E-state index in [0.717, 1.165) is 4.57 Å². The predicted octanol–water partition coefficient (Wildman–Crippen LogP) is 3.80. The Kier molecular flexibility index (Phi) is 3.93. The number of fused-ring (bicyclic) bond motifs is 1. The quantitative estimate of drug-likeness (QED) is 0.934. The lowest BCUT2D eigenvalue weighted by Crippen LogP contribution is -2.16. The van der Waals surface area contributed by atoms with Crippen LogP contribution in [0.4, 0.5) is 13.2 Å². The van der Waals surface area contributed by atoms with Crippen LogP contribution in [-0.4, -0.2) is 20.6 Å². The number of carbonyl (C=O) groups is 1. The normalized spacial score (nSPS) is 12.3. The topological polar surface area (TPSA) is 55.1 Å². The molecule has 0 aliphatic carbocycles. The summed E-state index contributed by atoms with van der Waals surface area (Å²) < 4.78 is 40.3. The molecular formula is C14H15F3N2O2. The molecule has 0 aliphatic rings. The number of alkyl halides is 3. The standard InChI is InChI=1S/C14H15F3N2O2/c1-8(2)6-7-19-11-9(12(20)21)4-3-5-10(11)18-13(19)14(15,16)17/h3-5,8H,6-7H2,1-2H3,(H,20,21). The van der Waals surface area contributed by atoms with Crippen LogP contribution in [0.2, 0.25) is 0 Å². The fourth-order valence-electron chi connectivity index (χ4n) is 2.18. The highest BCUT2D eigenvalue weighted by Crippen LogP contribution is 2.33. The van der Waals surface area contributed by atoms with Gasteiger partial charge in [0.1, 0.15) is 0 Å². The summed E-state index contributed by atoms with van der Waals surface area (Å²) >= 11 is 0. The number of aromatic nitrogens is 2. The number of para-hydroxylation sites is 1. The number of benzene rings is 1. The molecule has 0 fully saturated rings. The molecule has 7 heteroatoms. The van der Waals surface area contributed by atoms with E-state index in [4.69, 9.17) is 0 Å². The first-order chi connectivity index (χ1) is 9.71. The van der Waals surface area contributed by atoms with E-state index in [1.807, 2.05) is 13.8 Å². The van der Waals surface area contributed by atoms with Crippen LogP contribution in [0.15, 0.2) is 18.2 Å². The molecule has 0 saturated heterocycles. The van der Waals surface area contributed by atoms with E-state index in [2.05, 4.69) is 4.98 Å². The third-order valence-corrected chi connectivity index (χ3v) is 3.18. The molecule has 2 aromatic rings. The summed E-state index contributed by atoms with van der Waals surface area (Å²) in [6, 6.07) is 4.08. The summed E-state index contributed by atoms with van der Waals surface area (Å²) in [5, 5.41) is 9.17. The van der Waals surface area contributed by atoms with E-state index in [9.17, 15) is 23.1 Å². The highest BCUT2D eigenvalue weighted by Gasteiger charge is 2.38. The second-order valence-electron chi connectivity index (χ2n) is 5.25. The largest absolute Gasteiger partial charge is 0.478 e. The van der Waals surface area contributed by atoms with Crippen molar-refractivity contribution in [2.24, 2.45) is 5.92 Å². The Morgan fingerprint density at radius 1 is 1.38 bits per heavy atom. The third kappa shape index (κ3) is 3.01. The van der Waals surface area contributed by atoms with Gasteiger partial charge >= 0.3 is 12.1 Å². The van der Waals surface area contributed by atoms with E-state index < -0.39 is 18.0 Å². The summed E-state index contributed by atoms with van der Waals surface area (Å²) in [6.45, 7) is 3.86. The average Bonchev–Trinajstić information content (AvgIpc) is 2.74. The molecule has 0 saturated carbocycles. The molecule has 0 bridgehead atoms. The lowest BCUT2D eigenvalue weighted by atomic mass is 10.1. The molecule has 114 valence electrons. The highest BCUT2D eigenvalue weighted by atomic mass is 19.4. The minimum Gasteiger partial charge on any atom is -0.478 e. The van der Waals surface area contributed by atoms with Crippen LogP contribution in [0, 0.1) is 5.92 Å². The van der Waals surface area contributed by atoms with Crippen LogP contribution in [0.1, 0.15) is 36.5 Å². The average molecular weight is 300 g/mol. The van der Waals surface area contributed by atoms with Gasteiger partial charge < -0.3 is 9.67 Å². The number of hydrogen-bond donors (Lipinski definition) is 1. The summed E-state index contributed by atoms with van der Waals surface area (Å²) in [5.74, 6) is -2.12. The van der Waals surface area contributed by atoms with Crippen molar-refractivity contribution in [1.29, 1.82) is 0 Å². The van der Waals surface area contributed by atoms with Crippen LogP contribution in [0.5, 0.6) is 0 Å². The monoisotopic (exact) mass is 300 g/mol. The van der Waals surface area contributed by atoms with Gasteiger partial charge in [0.25, 0.3) is 0 Å². The number of aryl methyl sites for hydroxylation is 1. The van der Waals surface area contributed by atoms with E-state index in [0.29, 0.717) is 6.42 Å². The second-order valence-corrected chi connectivity index (χ2v) is 5.25. The minimum absolute atomic E-state index is 0.0259. The van der Waals surface area contributed by atoms with Crippen LogP contribution >= 0.6 is 0 Å². The van der Waals surface area contributed by atoms with Gasteiger partial charge in [-0.1, -0.05) is 19.9 Å². The summed E-state index contributed by atoms with van der Waals surface area (Å²) in [5.41, 5.74) is -0.0942. The molecule has 21 heavy (non-hydrogen) atoms. The zero-order valence-electron chi connectivity index (χ0n) is 11.6. The van der Waals surface area contributed by atoms with Crippen molar-refractivity contribution < 1.29 is 23.1 Å². The van der Waals surface area contributed by atoms with Crippen LogP contribution in [0.25, 0.3) is 11.0 Å². The number of nitrogens with zero attached hydrogens (tertiary/aromatic N) is 2. The van der Waals surface area contributed by atoms with Gasteiger partial charge in [-0.2, -0.15) is 13.2 Å². The second kappa shape index (κ2) is 5.38. The van der Waals surface area contributed by atoms with Crippen molar-refractivity contribution in [3.63, 3.8) is 0 Å². The Hall–Kier alpha value is -2.05. The van der Waals surface area contributed by atoms with Gasteiger partial charge in [0, 0.05) is 6.54 Å². The predicted molar refractivity (Wildman–Crippen MR) is 71.1 cm³/mol. The van der Waals surface area contributed by atoms with Crippen molar-refractivity contribution in [3.05, 3.63) is 29.6 Å². The lowest BCUT2D eigenvalue weighted by molar-refractivity contribution is -0.147. The molecular weight excluding hydrogens is 285 g/mol. The molecule has 1 aromatic heterocycles. The Morgan fingerprint density at radius 2 is 2.05 bits per heavy atom. The Bertz CT molecular complexity index is 675. The molecule has 0 unspecified atom stereocenters. The zero-order valence-corrected chi connectivity index (χ0v) is 11.6. The molecule has 0 spiro atoms. The number of aromatic carboxylic acids is 1. The number of imidazole rings is 1. The van der Waals surface area contributed by atoms with Gasteiger partial charge in [0.2, 0.25) is 5.82 Å². The van der Waals surface area contributed by atoms with Crippen LogP contribution in [0.3, 0.4) is 0 Å². The molecule has 0 aliphatic heterocycles. The maximum atomic E-state index is 13.1. The molecule has 0 amide bonds. The summed E-state index contributed by atoms with van der Waals surface area (Å²) in [7, 11) is 0.